The number of amides is 1. The third kappa shape index (κ3) is 3.74. The second-order valence-corrected chi connectivity index (χ2v) is 3.99. The molecule has 2 aromatic rings. The molecule has 0 bridgehead atoms. The molecule has 6 heteroatoms. The Hall–Kier alpha value is -2.50. The molecule has 2 rings (SSSR count). The van der Waals surface area contributed by atoms with E-state index in [1.165, 1.54) is 24.5 Å². The normalized spacial score (nSPS) is 12.5. The van der Waals surface area contributed by atoms with Crippen molar-refractivity contribution >= 4 is 12.0 Å². The number of H-pyrrole nitrogens is 1. The third-order valence-corrected chi connectivity index (χ3v) is 2.50. The van der Waals surface area contributed by atoms with Crippen molar-refractivity contribution < 1.29 is 9.18 Å². The van der Waals surface area contributed by atoms with Crippen LogP contribution in [0.15, 0.2) is 36.7 Å². The number of carbonyl (C=O) groups is 1. The van der Waals surface area contributed by atoms with Gasteiger partial charge in [-0.25, -0.2) is 9.37 Å². The molecule has 1 amide bonds. The molecule has 5 nitrogen and oxygen atoms in total. The Labute approximate surface area is 109 Å². The smallest absolute Gasteiger partial charge is 0.244 e. The van der Waals surface area contributed by atoms with Crippen molar-refractivity contribution in [3.05, 3.63) is 53.9 Å². The Bertz CT molecular complexity index is 563. The summed E-state index contributed by atoms with van der Waals surface area (Å²) in [5.74, 6) is 0.0253. The van der Waals surface area contributed by atoms with E-state index in [1.54, 1.807) is 25.1 Å². The predicted molar refractivity (Wildman–Crippen MR) is 68.4 cm³/mol. The average molecular weight is 260 g/mol. The van der Waals surface area contributed by atoms with Crippen LogP contribution in [0, 0.1) is 5.82 Å². The highest BCUT2D eigenvalue weighted by atomic mass is 19.1. The number of carbonyl (C=O) groups excluding carboxylic acids is 1. The minimum absolute atomic E-state index is 0.256. The molecule has 0 aliphatic rings. The Morgan fingerprint density at radius 3 is 2.79 bits per heavy atom. The summed E-state index contributed by atoms with van der Waals surface area (Å²) in [5, 5.41) is 9.12. The molecule has 98 valence electrons. The maximum atomic E-state index is 12.7. The number of benzene rings is 1. The van der Waals surface area contributed by atoms with Gasteiger partial charge in [-0.15, -0.1) is 0 Å². The number of hydrogen-bond acceptors (Lipinski definition) is 3. The van der Waals surface area contributed by atoms with Crippen LogP contribution in [-0.2, 0) is 4.79 Å². The molecule has 1 aromatic carbocycles. The highest BCUT2D eigenvalue weighted by Gasteiger charge is 2.09. The van der Waals surface area contributed by atoms with Gasteiger partial charge < -0.3 is 5.32 Å². The Kier molecular flexibility index (Phi) is 4.02. The van der Waals surface area contributed by atoms with Gasteiger partial charge in [0.25, 0.3) is 0 Å². The van der Waals surface area contributed by atoms with Crippen LogP contribution in [0.2, 0.25) is 0 Å². The summed E-state index contributed by atoms with van der Waals surface area (Å²) in [6, 6.07) is 5.62. The quantitative estimate of drug-likeness (QED) is 0.824. The molecule has 1 unspecified atom stereocenters. The topological polar surface area (TPSA) is 70.7 Å². The first-order valence-corrected chi connectivity index (χ1v) is 5.74. The largest absolute Gasteiger partial charge is 0.343 e. The summed E-state index contributed by atoms with van der Waals surface area (Å²) in [6.07, 6.45) is 4.38. The van der Waals surface area contributed by atoms with Crippen LogP contribution in [0.5, 0.6) is 0 Å². The minimum Gasteiger partial charge on any atom is -0.343 e. The van der Waals surface area contributed by atoms with Crippen LogP contribution in [0.25, 0.3) is 6.08 Å². The van der Waals surface area contributed by atoms with Gasteiger partial charge in [0.1, 0.15) is 18.0 Å². The number of nitrogens with zero attached hydrogens (tertiary/aromatic N) is 2. The number of nitrogens with one attached hydrogen (secondary N) is 2. The van der Waals surface area contributed by atoms with Crippen molar-refractivity contribution in [3.63, 3.8) is 0 Å². The highest BCUT2D eigenvalue weighted by Crippen LogP contribution is 2.06. The first-order chi connectivity index (χ1) is 9.15. The second-order valence-electron chi connectivity index (χ2n) is 3.99. The fraction of sp³-hybridized carbons (Fsp3) is 0.154. The van der Waals surface area contributed by atoms with E-state index < -0.39 is 0 Å². The summed E-state index contributed by atoms with van der Waals surface area (Å²) >= 11 is 0. The molecule has 0 saturated carbocycles. The van der Waals surface area contributed by atoms with E-state index in [0.29, 0.717) is 5.82 Å². The van der Waals surface area contributed by atoms with Crippen molar-refractivity contribution in [2.45, 2.75) is 13.0 Å². The number of aromatic nitrogens is 3. The van der Waals surface area contributed by atoms with E-state index in [9.17, 15) is 9.18 Å². The maximum Gasteiger partial charge on any atom is 0.244 e. The fourth-order valence-corrected chi connectivity index (χ4v) is 1.50. The molecule has 1 heterocycles. The molecular formula is C13H13FN4O. The van der Waals surface area contributed by atoms with Gasteiger partial charge in [-0.1, -0.05) is 12.1 Å². The lowest BCUT2D eigenvalue weighted by Gasteiger charge is -2.08. The van der Waals surface area contributed by atoms with E-state index in [-0.39, 0.29) is 17.8 Å². The lowest BCUT2D eigenvalue weighted by molar-refractivity contribution is -0.117. The van der Waals surface area contributed by atoms with Crippen molar-refractivity contribution in [3.8, 4) is 0 Å². The van der Waals surface area contributed by atoms with Gasteiger partial charge in [-0.2, -0.15) is 5.10 Å². The van der Waals surface area contributed by atoms with E-state index in [4.69, 9.17) is 0 Å². The van der Waals surface area contributed by atoms with Crippen molar-refractivity contribution in [1.29, 1.82) is 0 Å². The van der Waals surface area contributed by atoms with Crippen LogP contribution in [-0.4, -0.2) is 21.1 Å². The summed E-state index contributed by atoms with van der Waals surface area (Å²) < 4.78 is 12.7. The molecule has 2 N–H and O–H groups in total. The van der Waals surface area contributed by atoms with E-state index >= 15 is 0 Å². The van der Waals surface area contributed by atoms with Crippen LogP contribution in [0.4, 0.5) is 4.39 Å². The van der Waals surface area contributed by atoms with Gasteiger partial charge in [0.15, 0.2) is 0 Å². The van der Waals surface area contributed by atoms with E-state index in [1.807, 2.05) is 0 Å². The van der Waals surface area contributed by atoms with Gasteiger partial charge in [0.05, 0.1) is 6.04 Å². The third-order valence-electron chi connectivity index (χ3n) is 2.50. The predicted octanol–water partition coefficient (Wildman–Crippen LogP) is 1.83. The van der Waals surface area contributed by atoms with Crippen LogP contribution in [0.1, 0.15) is 24.4 Å². The molecule has 0 fully saturated rings. The van der Waals surface area contributed by atoms with Crippen LogP contribution < -0.4 is 5.32 Å². The fourth-order valence-electron chi connectivity index (χ4n) is 1.50. The van der Waals surface area contributed by atoms with Crippen LogP contribution >= 0.6 is 0 Å². The van der Waals surface area contributed by atoms with Gasteiger partial charge in [-0.3, -0.25) is 9.89 Å². The summed E-state index contributed by atoms with van der Waals surface area (Å²) in [5.41, 5.74) is 0.754. The SMILES string of the molecule is CC(NC(=O)/C=C/c1ccc(F)cc1)c1ncn[nH]1. The Morgan fingerprint density at radius 1 is 1.42 bits per heavy atom. The number of halogens is 1. The van der Waals surface area contributed by atoms with Gasteiger partial charge in [-0.05, 0) is 30.7 Å². The first kappa shape index (κ1) is 12.9. The maximum absolute atomic E-state index is 12.7. The zero-order chi connectivity index (χ0) is 13.7. The monoisotopic (exact) mass is 260 g/mol. The Balaban J connectivity index is 1.92. The molecule has 1 aromatic heterocycles. The average Bonchev–Trinajstić information content (AvgIpc) is 2.92. The molecule has 0 saturated heterocycles. The van der Waals surface area contributed by atoms with Crippen LogP contribution in [0.3, 0.4) is 0 Å². The highest BCUT2D eigenvalue weighted by molar-refractivity contribution is 5.91. The van der Waals surface area contributed by atoms with E-state index in [2.05, 4.69) is 20.5 Å². The molecule has 1 atom stereocenters. The number of hydrogen-bond donors (Lipinski definition) is 2. The molecule has 0 aliphatic heterocycles. The molecular weight excluding hydrogens is 247 g/mol. The van der Waals surface area contributed by atoms with Gasteiger partial charge in [0.2, 0.25) is 5.91 Å². The Morgan fingerprint density at radius 2 is 2.16 bits per heavy atom. The zero-order valence-electron chi connectivity index (χ0n) is 10.3. The van der Waals surface area contributed by atoms with Crippen molar-refractivity contribution in [2.75, 3.05) is 0 Å². The molecule has 0 aliphatic carbocycles. The summed E-state index contributed by atoms with van der Waals surface area (Å²) in [6.45, 7) is 1.80. The second kappa shape index (κ2) is 5.90. The minimum atomic E-state index is -0.305. The van der Waals surface area contributed by atoms with Gasteiger partial charge >= 0.3 is 0 Å². The lowest BCUT2D eigenvalue weighted by Crippen LogP contribution is -2.25. The first-order valence-electron chi connectivity index (χ1n) is 5.74. The molecule has 0 radical (unpaired) electrons. The van der Waals surface area contributed by atoms with Gasteiger partial charge in [0, 0.05) is 6.08 Å². The number of rotatable bonds is 4. The van der Waals surface area contributed by atoms with Crippen molar-refractivity contribution in [1.82, 2.24) is 20.5 Å². The standard InChI is InChI=1S/C13H13FN4O/c1-9(13-15-8-16-18-13)17-12(19)7-4-10-2-5-11(14)6-3-10/h2-9H,1H3,(H,17,19)(H,15,16,18)/b7-4+. The summed E-state index contributed by atoms with van der Waals surface area (Å²) in [7, 11) is 0. The van der Waals surface area contributed by atoms with E-state index in [0.717, 1.165) is 5.56 Å². The van der Waals surface area contributed by atoms with Crippen molar-refractivity contribution in [2.24, 2.45) is 0 Å². The zero-order valence-corrected chi connectivity index (χ0v) is 10.3. The lowest BCUT2D eigenvalue weighted by atomic mass is 10.2. The molecule has 0 spiro atoms. The number of aromatic amines is 1. The summed E-state index contributed by atoms with van der Waals surface area (Å²) in [4.78, 5) is 15.6. The molecule has 19 heavy (non-hydrogen) atoms.